The monoisotopic (exact) mass is 389 g/mol. The Labute approximate surface area is 156 Å². The standard InChI is InChI=1S/C18H11ClF3N5/c19-27-16(12-5-2-8-24-15(12)23)26-14-7-6-13(25-17(14)27)10-3-1-4-11(9-10)18(20,21)22/h1-9H,(H2,23,24). The van der Waals surface area contributed by atoms with Crippen LogP contribution in [-0.4, -0.2) is 19.0 Å². The first-order valence-corrected chi connectivity index (χ1v) is 8.12. The van der Waals surface area contributed by atoms with E-state index in [0.717, 1.165) is 12.1 Å². The molecule has 4 rings (SSSR count). The Morgan fingerprint density at radius 3 is 2.56 bits per heavy atom. The minimum atomic E-state index is -4.43. The molecule has 0 radical (unpaired) electrons. The van der Waals surface area contributed by atoms with Gasteiger partial charge in [0, 0.05) is 23.5 Å². The van der Waals surface area contributed by atoms with Gasteiger partial charge in [-0.05, 0) is 36.4 Å². The summed E-state index contributed by atoms with van der Waals surface area (Å²) < 4.78 is 40.1. The molecule has 0 atom stereocenters. The molecule has 3 heterocycles. The Bertz CT molecular complexity index is 1150. The predicted octanol–water partition coefficient (Wildman–Crippen LogP) is 4.76. The molecule has 2 N–H and O–H groups in total. The van der Waals surface area contributed by atoms with Gasteiger partial charge in [0.05, 0.1) is 16.8 Å². The highest BCUT2D eigenvalue weighted by Gasteiger charge is 2.30. The maximum atomic E-state index is 13.0. The number of halogens is 4. The largest absolute Gasteiger partial charge is 0.416 e. The second kappa shape index (κ2) is 6.24. The highest BCUT2D eigenvalue weighted by molar-refractivity contribution is 6.20. The number of nitrogens with two attached hydrogens (primary N) is 1. The summed E-state index contributed by atoms with van der Waals surface area (Å²) in [6.45, 7) is 0. The third-order valence-corrected chi connectivity index (χ3v) is 4.34. The van der Waals surface area contributed by atoms with Crippen LogP contribution in [-0.2, 0) is 6.18 Å². The Kier molecular flexibility index (Phi) is 4.00. The maximum Gasteiger partial charge on any atom is 0.416 e. The molecule has 27 heavy (non-hydrogen) atoms. The number of benzene rings is 1. The van der Waals surface area contributed by atoms with Crippen LogP contribution in [0.5, 0.6) is 0 Å². The van der Waals surface area contributed by atoms with E-state index in [1.165, 1.54) is 10.2 Å². The zero-order valence-corrected chi connectivity index (χ0v) is 14.3. The molecule has 0 saturated heterocycles. The van der Waals surface area contributed by atoms with Crippen molar-refractivity contribution in [3.8, 4) is 22.6 Å². The van der Waals surface area contributed by atoms with E-state index in [1.54, 1.807) is 36.5 Å². The summed E-state index contributed by atoms with van der Waals surface area (Å²) in [5, 5.41) is 0. The molecule has 3 aromatic heterocycles. The lowest BCUT2D eigenvalue weighted by molar-refractivity contribution is -0.137. The molecule has 1 aromatic carbocycles. The average Bonchev–Trinajstić information content (AvgIpc) is 2.98. The molecule has 0 amide bonds. The highest BCUT2D eigenvalue weighted by atomic mass is 35.5. The van der Waals surface area contributed by atoms with Crippen molar-refractivity contribution in [3.05, 3.63) is 60.3 Å². The summed E-state index contributed by atoms with van der Waals surface area (Å²) >= 11 is 6.36. The van der Waals surface area contributed by atoms with Crippen LogP contribution >= 0.6 is 11.8 Å². The Hall–Kier alpha value is -3.13. The number of anilines is 1. The Balaban J connectivity index is 1.84. The quantitative estimate of drug-likeness (QED) is 0.536. The van der Waals surface area contributed by atoms with Gasteiger partial charge in [-0.2, -0.15) is 13.2 Å². The first kappa shape index (κ1) is 17.3. The van der Waals surface area contributed by atoms with Crippen LogP contribution < -0.4 is 5.73 Å². The lowest BCUT2D eigenvalue weighted by Crippen LogP contribution is -2.04. The zero-order valence-electron chi connectivity index (χ0n) is 13.6. The van der Waals surface area contributed by atoms with Crippen molar-refractivity contribution in [1.29, 1.82) is 0 Å². The van der Waals surface area contributed by atoms with Crippen molar-refractivity contribution in [3.63, 3.8) is 0 Å². The Morgan fingerprint density at radius 2 is 1.81 bits per heavy atom. The number of fused-ring (bicyclic) bond motifs is 1. The van der Waals surface area contributed by atoms with E-state index >= 15 is 0 Å². The third kappa shape index (κ3) is 3.08. The molecule has 0 unspecified atom stereocenters. The van der Waals surface area contributed by atoms with E-state index < -0.39 is 11.7 Å². The number of nitrogens with zero attached hydrogens (tertiary/aromatic N) is 4. The highest BCUT2D eigenvalue weighted by Crippen LogP contribution is 2.33. The Morgan fingerprint density at radius 1 is 1.00 bits per heavy atom. The average molecular weight is 390 g/mol. The van der Waals surface area contributed by atoms with Gasteiger partial charge in [0.15, 0.2) is 11.5 Å². The molecule has 136 valence electrons. The number of imidazole rings is 1. The lowest BCUT2D eigenvalue weighted by atomic mass is 10.1. The molecule has 0 bridgehead atoms. The van der Waals surface area contributed by atoms with E-state index in [1.807, 2.05) is 0 Å². The predicted molar refractivity (Wildman–Crippen MR) is 96.9 cm³/mol. The molecule has 0 spiro atoms. The van der Waals surface area contributed by atoms with Crippen molar-refractivity contribution in [1.82, 2.24) is 19.0 Å². The van der Waals surface area contributed by atoms with E-state index in [4.69, 9.17) is 17.5 Å². The summed E-state index contributed by atoms with van der Waals surface area (Å²) in [7, 11) is 0. The van der Waals surface area contributed by atoms with Gasteiger partial charge in [-0.15, -0.1) is 0 Å². The summed E-state index contributed by atoms with van der Waals surface area (Å²) in [4.78, 5) is 12.8. The van der Waals surface area contributed by atoms with Crippen LogP contribution in [0.1, 0.15) is 5.56 Å². The van der Waals surface area contributed by atoms with Crippen molar-refractivity contribution in [2.24, 2.45) is 0 Å². The summed E-state index contributed by atoms with van der Waals surface area (Å²) in [5.74, 6) is 0.610. The SMILES string of the molecule is Nc1ncccc1-c1nc2ccc(-c3cccc(C(F)(F)F)c3)nc2n1Cl. The molecule has 9 heteroatoms. The molecule has 0 saturated carbocycles. The van der Waals surface area contributed by atoms with E-state index in [0.29, 0.717) is 33.8 Å². The number of hydrogen-bond donors (Lipinski definition) is 1. The van der Waals surface area contributed by atoms with Crippen LogP contribution in [0.3, 0.4) is 0 Å². The maximum absolute atomic E-state index is 13.0. The van der Waals surface area contributed by atoms with Gasteiger partial charge >= 0.3 is 6.18 Å². The molecular weight excluding hydrogens is 379 g/mol. The van der Waals surface area contributed by atoms with Crippen molar-refractivity contribution in [2.45, 2.75) is 6.18 Å². The minimum absolute atomic E-state index is 0.257. The topological polar surface area (TPSA) is 69.6 Å². The van der Waals surface area contributed by atoms with Gasteiger partial charge in [0.1, 0.15) is 11.3 Å². The van der Waals surface area contributed by atoms with Crippen LogP contribution in [0.25, 0.3) is 33.8 Å². The normalized spacial score (nSPS) is 11.9. The van der Waals surface area contributed by atoms with E-state index in [9.17, 15) is 13.2 Å². The first-order chi connectivity index (χ1) is 12.8. The van der Waals surface area contributed by atoms with Crippen LogP contribution in [0, 0.1) is 0 Å². The van der Waals surface area contributed by atoms with E-state index in [-0.39, 0.29) is 5.82 Å². The molecule has 0 aliphatic heterocycles. The summed E-state index contributed by atoms with van der Waals surface area (Å²) in [6, 6.07) is 11.6. The van der Waals surface area contributed by atoms with Gasteiger partial charge in [-0.25, -0.2) is 19.0 Å². The van der Waals surface area contributed by atoms with Crippen LogP contribution in [0.4, 0.5) is 19.0 Å². The number of pyridine rings is 2. The summed E-state index contributed by atoms with van der Waals surface area (Å²) in [6.07, 6.45) is -2.89. The fraction of sp³-hybridized carbons (Fsp3) is 0.0556. The number of nitrogen functional groups attached to an aromatic ring is 1. The number of rotatable bonds is 2. The molecule has 4 aromatic rings. The number of aromatic nitrogens is 4. The van der Waals surface area contributed by atoms with E-state index in [2.05, 4.69) is 15.0 Å². The molecule has 0 aliphatic rings. The van der Waals surface area contributed by atoms with Gasteiger partial charge in [-0.3, -0.25) is 0 Å². The van der Waals surface area contributed by atoms with Gasteiger partial charge in [0.2, 0.25) is 0 Å². The minimum Gasteiger partial charge on any atom is -0.383 e. The summed E-state index contributed by atoms with van der Waals surface area (Å²) in [5.41, 5.74) is 7.13. The van der Waals surface area contributed by atoms with Gasteiger partial charge in [0.25, 0.3) is 0 Å². The second-order valence-electron chi connectivity index (χ2n) is 5.77. The lowest BCUT2D eigenvalue weighted by Gasteiger charge is -2.08. The van der Waals surface area contributed by atoms with Crippen LogP contribution in [0.15, 0.2) is 54.7 Å². The van der Waals surface area contributed by atoms with Gasteiger partial charge in [-0.1, -0.05) is 12.1 Å². The number of hydrogen-bond acceptors (Lipinski definition) is 4. The van der Waals surface area contributed by atoms with Crippen molar-refractivity contribution < 1.29 is 13.2 Å². The van der Waals surface area contributed by atoms with Crippen molar-refractivity contribution >= 4 is 28.8 Å². The molecular formula is C18H11ClF3N5. The first-order valence-electron chi connectivity index (χ1n) is 7.79. The smallest absolute Gasteiger partial charge is 0.383 e. The molecule has 0 fully saturated rings. The fourth-order valence-corrected chi connectivity index (χ4v) is 2.97. The van der Waals surface area contributed by atoms with Gasteiger partial charge < -0.3 is 5.73 Å². The molecule has 5 nitrogen and oxygen atoms in total. The van der Waals surface area contributed by atoms with Crippen LogP contribution in [0.2, 0.25) is 0 Å². The zero-order chi connectivity index (χ0) is 19.2. The third-order valence-electron chi connectivity index (χ3n) is 4.02. The second-order valence-corrected chi connectivity index (χ2v) is 6.11. The van der Waals surface area contributed by atoms with Crippen molar-refractivity contribution in [2.75, 3.05) is 5.73 Å². The number of alkyl halides is 3. The fourth-order valence-electron chi connectivity index (χ4n) is 2.72. The molecule has 0 aliphatic carbocycles.